The normalized spacial score (nSPS) is 19.0. The highest BCUT2D eigenvalue weighted by molar-refractivity contribution is 5.73. The number of carboxylic acid groups (broad SMARTS) is 1. The lowest BCUT2D eigenvalue weighted by molar-refractivity contribution is -0.146. The molecule has 2 unspecified atom stereocenters. The van der Waals surface area contributed by atoms with Gasteiger partial charge in [0, 0.05) is 11.6 Å². The van der Waals surface area contributed by atoms with Crippen molar-refractivity contribution in [2.24, 2.45) is 0 Å². The Labute approximate surface area is 155 Å². The number of rotatable bonds is 7. The molecule has 1 aliphatic heterocycles. The minimum absolute atomic E-state index is 0.0587. The first-order valence-corrected chi connectivity index (χ1v) is 9.45. The van der Waals surface area contributed by atoms with Gasteiger partial charge in [-0.25, -0.2) is 0 Å². The third kappa shape index (κ3) is 4.25. The van der Waals surface area contributed by atoms with E-state index in [9.17, 15) is 9.90 Å². The maximum Gasteiger partial charge on any atom is 0.320 e. The highest BCUT2D eigenvalue weighted by Crippen LogP contribution is 2.36. The summed E-state index contributed by atoms with van der Waals surface area (Å²) in [4.78, 5) is 13.9. The summed E-state index contributed by atoms with van der Waals surface area (Å²) in [6, 6.07) is 17.8. The number of aliphatic carboxylic acids is 1. The molecule has 1 heterocycles. The molecule has 0 saturated carbocycles. The molecule has 4 heteroatoms. The molecule has 0 amide bonds. The van der Waals surface area contributed by atoms with Gasteiger partial charge >= 0.3 is 5.97 Å². The average Bonchev–Trinajstić information content (AvgIpc) is 2.69. The molecule has 138 valence electrons. The first kappa shape index (κ1) is 18.5. The van der Waals surface area contributed by atoms with Crippen LogP contribution in [-0.2, 0) is 11.4 Å². The molecule has 0 aromatic heterocycles. The van der Waals surface area contributed by atoms with Crippen LogP contribution in [0.1, 0.15) is 49.8 Å². The van der Waals surface area contributed by atoms with Crippen LogP contribution in [0, 0.1) is 0 Å². The fourth-order valence-electron chi connectivity index (χ4n) is 3.85. The van der Waals surface area contributed by atoms with Gasteiger partial charge < -0.3 is 9.84 Å². The summed E-state index contributed by atoms with van der Waals surface area (Å²) >= 11 is 0. The topological polar surface area (TPSA) is 49.8 Å². The first-order valence-electron chi connectivity index (χ1n) is 9.45. The van der Waals surface area contributed by atoms with Crippen molar-refractivity contribution in [2.45, 2.75) is 51.3 Å². The monoisotopic (exact) mass is 353 g/mol. The van der Waals surface area contributed by atoms with Crippen LogP contribution in [0.15, 0.2) is 54.6 Å². The predicted octanol–water partition coefficient (Wildman–Crippen LogP) is 4.66. The largest absolute Gasteiger partial charge is 0.489 e. The second-order valence-corrected chi connectivity index (χ2v) is 6.82. The number of piperidine rings is 1. The number of carbonyl (C=O) groups is 1. The highest BCUT2D eigenvalue weighted by atomic mass is 16.5. The molecule has 0 radical (unpaired) electrons. The number of carboxylic acids is 1. The van der Waals surface area contributed by atoms with E-state index in [1.54, 1.807) is 0 Å². The Hall–Kier alpha value is -2.33. The number of benzene rings is 2. The number of para-hydroxylation sites is 1. The second kappa shape index (κ2) is 8.86. The zero-order valence-electron chi connectivity index (χ0n) is 15.3. The highest BCUT2D eigenvalue weighted by Gasteiger charge is 2.34. The Kier molecular flexibility index (Phi) is 6.29. The van der Waals surface area contributed by atoms with Gasteiger partial charge in [0.1, 0.15) is 18.4 Å². The van der Waals surface area contributed by atoms with Gasteiger partial charge in [-0.1, -0.05) is 61.9 Å². The van der Waals surface area contributed by atoms with Crippen molar-refractivity contribution in [3.63, 3.8) is 0 Å². The van der Waals surface area contributed by atoms with Crippen molar-refractivity contribution in [3.8, 4) is 5.75 Å². The van der Waals surface area contributed by atoms with Gasteiger partial charge in [-0.2, -0.15) is 0 Å². The van der Waals surface area contributed by atoms with E-state index in [0.717, 1.165) is 49.1 Å². The molecule has 2 aromatic rings. The molecule has 26 heavy (non-hydrogen) atoms. The van der Waals surface area contributed by atoms with Crippen molar-refractivity contribution in [3.05, 3.63) is 65.7 Å². The van der Waals surface area contributed by atoms with E-state index >= 15 is 0 Å². The molecule has 0 spiro atoms. The van der Waals surface area contributed by atoms with Gasteiger partial charge in [0.25, 0.3) is 0 Å². The lowest BCUT2D eigenvalue weighted by atomic mass is 9.94. The lowest BCUT2D eigenvalue weighted by Crippen LogP contribution is -2.46. The first-order chi connectivity index (χ1) is 12.7. The fraction of sp³-hybridized carbons (Fsp3) is 0.409. The van der Waals surface area contributed by atoms with E-state index in [4.69, 9.17) is 4.74 Å². The number of nitrogens with zero attached hydrogens (tertiary/aromatic N) is 1. The van der Waals surface area contributed by atoms with Crippen LogP contribution in [0.3, 0.4) is 0 Å². The summed E-state index contributed by atoms with van der Waals surface area (Å²) in [6.07, 6.45) is 3.61. The predicted molar refractivity (Wildman–Crippen MR) is 102 cm³/mol. The molecule has 2 atom stereocenters. The third-order valence-corrected chi connectivity index (χ3v) is 5.13. The summed E-state index contributed by atoms with van der Waals surface area (Å²) in [6.45, 7) is 3.45. The van der Waals surface area contributed by atoms with Gasteiger partial charge in [0.05, 0.1) is 0 Å². The van der Waals surface area contributed by atoms with E-state index in [-0.39, 0.29) is 6.04 Å². The van der Waals surface area contributed by atoms with Gasteiger partial charge in [-0.3, -0.25) is 9.69 Å². The molecule has 3 rings (SSSR count). The van der Waals surface area contributed by atoms with Crippen molar-refractivity contribution < 1.29 is 14.6 Å². The van der Waals surface area contributed by atoms with Crippen LogP contribution in [0.4, 0.5) is 0 Å². The molecular formula is C22H27NO3. The van der Waals surface area contributed by atoms with Crippen LogP contribution in [0.2, 0.25) is 0 Å². The molecule has 1 aliphatic rings. The summed E-state index contributed by atoms with van der Waals surface area (Å²) in [7, 11) is 0. The Morgan fingerprint density at radius 2 is 1.88 bits per heavy atom. The molecule has 1 saturated heterocycles. The van der Waals surface area contributed by atoms with Gasteiger partial charge in [-0.05, 0) is 37.4 Å². The minimum Gasteiger partial charge on any atom is -0.489 e. The Morgan fingerprint density at radius 1 is 1.15 bits per heavy atom. The Morgan fingerprint density at radius 3 is 2.62 bits per heavy atom. The van der Waals surface area contributed by atoms with Crippen LogP contribution < -0.4 is 4.74 Å². The summed E-state index contributed by atoms with van der Waals surface area (Å²) in [5.74, 6) is 0.128. The molecule has 0 bridgehead atoms. The zero-order chi connectivity index (χ0) is 18.4. The second-order valence-electron chi connectivity index (χ2n) is 6.82. The molecule has 4 nitrogen and oxygen atoms in total. The maximum absolute atomic E-state index is 11.7. The SMILES string of the molecule is CCC(c1ccccc1OCc1ccccc1)N1CCCCC1C(=O)O. The van der Waals surface area contributed by atoms with Crippen LogP contribution in [0.5, 0.6) is 5.75 Å². The van der Waals surface area contributed by atoms with Crippen molar-refractivity contribution in [2.75, 3.05) is 6.54 Å². The molecule has 1 fully saturated rings. The number of hydrogen-bond donors (Lipinski definition) is 1. The van der Waals surface area contributed by atoms with Crippen LogP contribution >= 0.6 is 0 Å². The minimum atomic E-state index is -0.717. The van der Waals surface area contributed by atoms with E-state index in [0.29, 0.717) is 6.61 Å². The maximum atomic E-state index is 11.7. The van der Waals surface area contributed by atoms with Crippen LogP contribution in [-0.4, -0.2) is 28.6 Å². The standard InChI is InChI=1S/C22H27NO3/c1-2-19(23-15-9-8-13-20(23)22(24)25)18-12-6-7-14-21(18)26-16-17-10-4-3-5-11-17/h3-7,10-12,14,19-20H,2,8-9,13,15-16H2,1H3,(H,24,25). The summed E-state index contributed by atoms with van der Waals surface area (Å²) in [5, 5.41) is 9.65. The van der Waals surface area contributed by atoms with Crippen molar-refractivity contribution >= 4 is 5.97 Å². The Bertz CT molecular complexity index is 716. The number of likely N-dealkylation sites (tertiary alicyclic amines) is 1. The number of ether oxygens (including phenoxy) is 1. The third-order valence-electron chi connectivity index (χ3n) is 5.13. The Balaban J connectivity index is 1.83. The fourth-order valence-corrected chi connectivity index (χ4v) is 3.85. The molecule has 1 N–H and O–H groups in total. The van der Waals surface area contributed by atoms with E-state index in [2.05, 4.69) is 17.9 Å². The van der Waals surface area contributed by atoms with E-state index < -0.39 is 12.0 Å². The summed E-state index contributed by atoms with van der Waals surface area (Å²) in [5.41, 5.74) is 2.20. The lowest BCUT2D eigenvalue weighted by Gasteiger charge is -2.39. The smallest absolute Gasteiger partial charge is 0.320 e. The molecular weight excluding hydrogens is 326 g/mol. The van der Waals surface area contributed by atoms with Gasteiger partial charge in [-0.15, -0.1) is 0 Å². The zero-order valence-corrected chi connectivity index (χ0v) is 15.3. The van der Waals surface area contributed by atoms with Crippen LogP contribution in [0.25, 0.3) is 0 Å². The van der Waals surface area contributed by atoms with Crippen molar-refractivity contribution in [1.82, 2.24) is 4.90 Å². The quantitative estimate of drug-likeness (QED) is 0.787. The summed E-state index contributed by atoms with van der Waals surface area (Å²) < 4.78 is 6.12. The van der Waals surface area contributed by atoms with Gasteiger partial charge in [0.15, 0.2) is 0 Å². The van der Waals surface area contributed by atoms with Crippen molar-refractivity contribution in [1.29, 1.82) is 0 Å². The molecule has 2 aromatic carbocycles. The molecule has 0 aliphatic carbocycles. The van der Waals surface area contributed by atoms with E-state index in [1.165, 1.54) is 0 Å². The number of hydrogen-bond acceptors (Lipinski definition) is 3. The average molecular weight is 353 g/mol. The van der Waals surface area contributed by atoms with E-state index in [1.807, 2.05) is 48.5 Å². The van der Waals surface area contributed by atoms with Gasteiger partial charge in [0.2, 0.25) is 0 Å².